The molecule has 2 rings (SSSR count). The standard InChI is InChI=1S/C11H13BrN4S/c1-6(12)5-17-11-14-10-13-8(3)7(2)9(4)16(10)15-11/h1,5H2,2-4H3. The van der Waals surface area contributed by atoms with Crippen LogP contribution in [0.2, 0.25) is 0 Å². The number of aromatic nitrogens is 4. The number of hydrogen-bond acceptors (Lipinski definition) is 4. The van der Waals surface area contributed by atoms with E-state index in [4.69, 9.17) is 0 Å². The first-order valence-electron chi connectivity index (χ1n) is 5.15. The minimum absolute atomic E-state index is 0.660. The molecule has 0 aliphatic heterocycles. The summed E-state index contributed by atoms with van der Waals surface area (Å²) in [6, 6.07) is 0. The van der Waals surface area contributed by atoms with E-state index in [1.54, 1.807) is 16.3 Å². The van der Waals surface area contributed by atoms with Gasteiger partial charge in [0.2, 0.25) is 5.16 Å². The SMILES string of the molecule is C=C(Br)CSc1nc2nc(C)c(C)c(C)n2n1. The molecule has 0 saturated carbocycles. The van der Waals surface area contributed by atoms with E-state index in [2.05, 4.69) is 37.6 Å². The molecule has 0 saturated heterocycles. The van der Waals surface area contributed by atoms with Crippen molar-refractivity contribution in [3.63, 3.8) is 0 Å². The summed E-state index contributed by atoms with van der Waals surface area (Å²) in [5, 5.41) is 5.16. The third-order valence-corrected chi connectivity index (χ3v) is 4.17. The van der Waals surface area contributed by atoms with Gasteiger partial charge in [-0.3, -0.25) is 0 Å². The minimum Gasteiger partial charge on any atom is -0.216 e. The number of aryl methyl sites for hydroxylation is 2. The fourth-order valence-electron chi connectivity index (χ4n) is 1.44. The Morgan fingerprint density at radius 3 is 2.71 bits per heavy atom. The lowest BCUT2D eigenvalue weighted by Crippen LogP contribution is -2.02. The Balaban J connectivity index is 2.43. The Morgan fingerprint density at radius 1 is 1.35 bits per heavy atom. The predicted molar refractivity (Wildman–Crippen MR) is 73.8 cm³/mol. The van der Waals surface area contributed by atoms with Crippen molar-refractivity contribution in [2.24, 2.45) is 0 Å². The molecule has 4 nitrogen and oxygen atoms in total. The van der Waals surface area contributed by atoms with Crippen molar-refractivity contribution < 1.29 is 0 Å². The monoisotopic (exact) mass is 312 g/mol. The van der Waals surface area contributed by atoms with Crippen LogP contribution in [0.25, 0.3) is 5.78 Å². The first-order valence-corrected chi connectivity index (χ1v) is 6.93. The maximum atomic E-state index is 4.43. The fourth-order valence-corrected chi connectivity index (χ4v) is 2.36. The largest absolute Gasteiger partial charge is 0.253 e. The molecule has 17 heavy (non-hydrogen) atoms. The van der Waals surface area contributed by atoms with Crippen molar-refractivity contribution in [2.45, 2.75) is 25.9 Å². The van der Waals surface area contributed by atoms with Crippen LogP contribution in [0.15, 0.2) is 16.2 Å². The van der Waals surface area contributed by atoms with Gasteiger partial charge in [-0.25, -0.2) is 9.50 Å². The molecular weight excluding hydrogens is 300 g/mol. The minimum atomic E-state index is 0.660. The van der Waals surface area contributed by atoms with E-state index in [1.807, 2.05) is 20.8 Å². The topological polar surface area (TPSA) is 43.1 Å². The molecule has 0 radical (unpaired) electrons. The van der Waals surface area contributed by atoms with Gasteiger partial charge in [0.15, 0.2) is 0 Å². The zero-order valence-corrected chi connectivity index (χ0v) is 12.4. The van der Waals surface area contributed by atoms with Crippen molar-refractivity contribution in [3.05, 3.63) is 28.0 Å². The Hall–Kier alpha value is -0.880. The molecule has 0 aliphatic carbocycles. The second-order valence-corrected chi connectivity index (χ2v) is 5.88. The summed E-state index contributed by atoms with van der Waals surface area (Å²) in [6.07, 6.45) is 0. The van der Waals surface area contributed by atoms with Gasteiger partial charge >= 0.3 is 0 Å². The quantitative estimate of drug-likeness (QED) is 0.817. The van der Waals surface area contributed by atoms with Crippen LogP contribution in [0.3, 0.4) is 0 Å². The van der Waals surface area contributed by atoms with Gasteiger partial charge in [-0.15, -0.1) is 5.10 Å². The van der Waals surface area contributed by atoms with E-state index in [0.717, 1.165) is 32.3 Å². The highest BCUT2D eigenvalue weighted by molar-refractivity contribution is 9.11. The van der Waals surface area contributed by atoms with E-state index in [-0.39, 0.29) is 0 Å². The fraction of sp³-hybridized carbons (Fsp3) is 0.364. The number of thioether (sulfide) groups is 1. The summed E-state index contributed by atoms with van der Waals surface area (Å²) in [6.45, 7) is 9.86. The molecule has 2 aromatic rings. The summed E-state index contributed by atoms with van der Waals surface area (Å²) in [4.78, 5) is 8.81. The van der Waals surface area contributed by atoms with Crippen molar-refractivity contribution in [2.75, 3.05) is 5.75 Å². The Morgan fingerprint density at radius 2 is 2.06 bits per heavy atom. The smallest absolute Gasteiger partial charge is 0.216 e. The summed E-state index contributed by atoms with van der Waals surface area (Å²) < 4.78 is 2.72. The lowest BCUT2D eigenvalue weighted by molar-refractivity contribution is 0.833. The average molecular weight is 313 g/mol. The maximum absolute atomic E-state index is 4.43. The van der Waals surface area contributed by atoms with Crippen LogP contribution in [0.4, 0.5) is 0 Å². The van der Waals surface area contributed by atoms with Crippen LogP contribution < -0.4 is 0 Å². The number of halogens is 1. The number of fused-ring (bicyclic) bond motifs is 1. The second kappa shape index (κ2) is 4.78. The first kappa shape index (κ1) is 12.6. The molecule has 0 fully saturated rings. The van der Waals surface area contributed by atoms with Gasteiger partial charge in [0.05, 0.1) is 0 Å². The van der Waals surface area contributed by atoms with Crippen molar-refractivity contribution >= 4 is 33.5 Å². The zero-order chi connectivity index (χ0) is 12.6. The van der Waals surface area contributed by atoms with E-state index in [9.17, 15) is 0 Å². The highest BCUT2D eigenvalue weighted by atomic mass is 79.9. The third-order valence-electron chi connectivity index (χ3n) is 2.60. The molecule has 90 valence electrons. The highest BCUT2D eigenvalue weighted by Crippen LogP contribution is 2.20. The van der Waals surface area contributed by atoms with E-state index in [0.29, 0.717) is 5.78 Å². The molecular formula is C11H13BrN4S. The van der Waals surface area contributed by atoms with Crippen LogP contribution >= 0.6 is 27.7 Å². The number of rotatable bonds is 3. The molecule has 0 atom stereocenters. The highest BCUT2D eigenvalue weighted by Gasteiger charge is 2.10. The summed E-state index contributed by atoms with van der Waals surface area (Å²) in [7, 11) is 0. The van der Waals surface area contributed by atoms with Crippen LogP contribution in [-0.2, 0) is 0 Å². The van der Waals surface area contributed by atoms with E-state index < -0.39 is 0 Å². The van der Waals surface area contributed by atoms with Crippen molar-refractivity contribution in [3.8, 4) is 0 Å². The Bertz CT molecular complexity index is 591. The molecule has 0 aliphatic rings. The lowest BCUT2D eigenvalue weighted by atomic mass is 10.2. The van der Waals surface area contributed by atoms with Gasteiger partial charge in [0.1, 0.15) is 0 Å². The summed E-state index contributed by atoms with van der Waals surface area (Å²) >= 11 is 4.87. The zero-order valence-electron chi connectivity index (χ0n) is 9.99. The molecule has 0 spiro atoms. The molecule has 2 aromatic heterocycles. The van der Waals surface area contributed by atoms with E-state index in [1.165, 1.54) is 0 Å². The van der Waals surface area contributed by atoms with Gasteiger partial charge in [-0.2, -0.15) is 4.98 Å². The van der Waals surface area contributed by atoms with Crippen LogP contribution in [0.1, 0.15) is 17.0 Å². The second-order valence-electron chi connectivity index (χ2n) is 3.82. The normalized spacial score (nSPS) is 11.1. The predicted octanol–water partition coefficient (Wildman–Crippen LogP) is 3.05. The molecule has 0 amide bonds. The van der Waals surface area contributed by atoms with Crippen molar-refractivity contribution in [1.82, 2.24) is 19.6 Å². The molecule has 0 aromatic carbocycles. The lowest BCUT2D eigenvalue weighted by Gasteiger charge is -2.04. The first-order chi connectivity index (χ1) is 7.99. The van der Waals surface area contributed by atoms with Crippen LogP contribution in [0, 0.1) is 20.8 Å². The third kappa shape index (κ3) is 2.52. The van der Waals surface area contributed by atoms with Crippen LogP contribution in [-0.4, -0.2) is 25.3 Å². The van der Waals surface area contributed by atoms with Crippen molar-refractivity contribution in [1.29, 1.82) is 0 Å². The van der Waals surface area contributed by atoms with Gasteiger partial charge in [0, 0.05) is 17.1 Å². The van der Waals surface area contributed by atoms with Gasteiger partial charge in [-0.1, -0.05) is 34.3 Å². The molecule has 2 heterocycles. The van der Waals surface area contributed by atoms with Gasteiger partial charge < -0.3 is 0 Å². The summed E-state index contributed by atoms with van der Waals surface area (Å²) in [5.41, 5.74) is 3.25. The number of nitrogens with zero attached hydrogens (tertiary/aromatic N) is 4. The van der Waals surface area contributed by atoms with Gasteiger partial charge in [0.25, 0.3) is 5.78 Å². The van der Waals surface area contributed by atoms with Crippen LogP contribution in [0.5, 0.6) is 0 Å². The Labute approximate surface area is 113 Å². The average Bonchev–Trinajstić information content (AvgIpc) is 2.66. The number of hydrogen-bond donors (Lipinski definition) is 0. The molecule has 0 N–H and O–H groups in total. The maximum Gasteiger partial charge on any atom is 0.253 e. The Kier molecular flexibility index (Phi) is 3.53. The molecule has 6 heteroatoms. The van der Waals surface area contributed by atoms with E-state index >= 15 is 0 Å². The van der Waals surface area contributed by atoms with Gasteiger partial charge in [-0.05, 0) is 30.8 Å². The molecule has 0 unspecified atom stereocenters. The molecule has 0 bridgehead atoms. The summed E-state index contributed by atoms with van der Waals surface area (Å²) in [5.74, 6) is 1.42.